The molecular weight excluding hydrogens is 296 g/mol. The summed E-state index contributed by atoms with van der Waals surface area (Å²) in [5.41, 5.74) is -1.98. The van der Waals surface area contributed by atoms with E-state index in [9.17, 15) is 24.3 Å². The lowest BCUT2D eigenvalue weighted by molar-refractivity contribution is -0.138. The van der Waals surface area contributed by atoms with E-state index in [0.29, 0.717) is 26.3 Å². The highest BCUT2D eigenvalue weighted by Crippen LogP contribution is 2.01. The lowest BCUT2D eigenvalue weighted by Crippen LogP contribution is -2.53. The van der Waals surface area contributed by atoms with Crippen molar-refractivity contribution in [2.75, 3.05) is 32.9 Å². The fraction of sp³-hybridized carbons (Fsp3) is 0.500. The maximum absolute atomic E-state index is 12.2. The maximum Gasteiger partial charge on any atom is 0.325 e. The molecule has 0 spiro atoms. The second-order valence-electron chi connectivity index (χ2n) is 4.63. The molecule has 1 aliphatic rings. The minimum absolute atomic E-state index is 0.354. The molecular formula is C12H16N4O6. The predicted octanol–water partition coefficient (Wildman–Crippen LogP) is -2.99. The number of morpholine rings is 1. The number of aromatic amines is 2. The van der Waals surface area contributed by atoms with Crippen molar-refractivity contribution in [2.24, 2.45) is 0 Å². The van der Waals surface area contributed by atoms with Gasteiger partial charge in [-0.3, -0.25) is 19.4 Å². The van der Waals surface area contributed by atoms with E-state index in [1.54, 1.807) is 0 Å². The number of nitrogens with one attached hydrogen (secondary N) is 3. The normalized spacial score (nSPS) is 16.1. The van der Waals surface area contributed by atoms with Gasteiger partial charge in [-0.1, -0.05) is 0 Å². The number of hydrogen-bond donors (Lipinski definition) is 4. The SMILES string of the molecule is O=C(N[C@@H](CO)C(=O)N1CCOCC1)c1c[nH]c(=O)[nH]c1=O. The molecule has 1 atom stereocenters. The van der Waals surface area contributed by atoms with E-state index < -0.39 is 35.7 Å². The van der Waals surface area contributed by atoms with E-state index in [-0.39, 0.29) is 5.56 Å². The number of carbonyl (C=O) groups excluding carboxylic acids is 2. The summed E-state index contributed by atoms with van der Waals surface area (Å²) in [6, 6.07) is -1.17. The van der Waals surface area contributed by atoms with E-state index in [2.05, 4.69) is 10.3 Å². The van der Waals surface area contributed by atoms with Crippen molar-refractivity contribution < 1.29 is 19.4 Å². The second-order valence-corrected chi connectivity index (χ2v) is 4.63. The third-order valence-corrected chi connectivity index (χ3v) is 3.17. The Morgan fingerprint density at radius 1 is 1.36 bits per heavy atom. The van der Waals surface area contributed by atoms with Gasteiger partial charge < -0.3 is 25.0 Å². The Kier molecular flexibility index (Phi) is 5.07. The largest absolute Gasteiger partial charge is 0.394 e. The van der Waals surface area contributed by atoms with E-state index in [0.717, 1.165) is 6.20 Å². The lowest BCUT2D eigenvalue weighted by atomic mass is 10.2. The van der Waals surface area contributed by atoms with Gasteiger partial charge in [-0.15, -0.1) is 0 Å². The third kappa shape index (κ3) is 3.59. The number of aliphatic hydroxyl groups excluding tert-OH is 1. The van der Waals surface area contributed by atoms with Gasteiger partial charge in [0.05, 0.1) is 19.8 Å². The molecule has 1 aliphatic heterocycles. The minimum atomic E-state index is -1.17. The predicted molar refractivity (Wildman–Crippen MR) is 73.4 cm³/mol. The topological polar surface area (TPSA) is 145 Å². The molecule has 0 radical (unpaired) electrons. The average molecular weight is 312 g/mol. The fourth-order valence-electron chi connectivity index (χ4n) is 2.00. The number of carbonyl (C=O) groups is 2. The van der Waals surface area contributed by atoms with Gasteiger partial charge in [0.25, 0.3) is 11.5 Å². The van der Waals surface area contributed by atoms with Crippen molar-refractivity contribution in [3.8, 4) is 0 Å². The Balaban J connectivity index is 2.08. The molecule has 4 N–H and O–H groups in total. The zero-order chi connectivity index (χ0) is 16.1. The molecule has 1 fully saturated rings. The van der Waals surface area contributed by atoms with Crippen molar-refractivity contribution in [3.05, 3.63) is 32.6 Å². The molecule has 0 saturated carbocycles. The van der Waals surface area contributed by atoms with Crippen LogP contribution in [0.1, 0.15) is 10.4 Å². The average Bonchev–Trinajstić information content (AvgIpc) is 2.52. The molecule has 1 saturated heterocycles. The Labute approximate surface area is 124 Å². The zero-order valence-corrected chi connectivity index (χ0v) is 11.6. The number of aliphatic hydroxyl groups is 1. The Hall–Kier alpha value is -2.46. The van der Waals surface area contributed by atoms with Crippen LogP contribution in [0.3, 0.4) is 0 Å². The number of rotatable bonds is 4. The van der Waals surface area contributed by atoms with Crippen LogP contribution < -0.4 is 16.6 Å². The first-order chi connectivity index (χ1) is 10.5. The van der Waals surface area contributed by atoms with Crippen molar-refractivity contribution in [1.29, 1.82) is 0 Å². The van der Waals surface area contributed by atoms with Crippen LogP contribution in [0.15, 0.2) is 15.8 Å². The summed E-state index contributed by atoms with van der Waals surface area (Å²) in [4.78, 5) is 52.1. The van der Waals surface area contributed by atoms with Crippen LogP contribution in [0.4, 0.5) is 0 Å². The molecule has 1 aromatic heterocycles. The summed E-state index contributed by atoms with van der Waals surface area (Å²) in [5.74, 6) is -1.32. The van der Waals surface area contributed by atoms with Crippen LogP contribution >= 0.6 is 0 Å². The van der Waals surface area contributed by atoms with E-state index in [1.807, 2.05) is 4.98 Å². The van der Waals surface area contributed by atoms with Gasteiger partial charge in [0, 0.05) is 19.3 Å². The molecule has 120 valence electrons. The molecule has 0 bridgehead atoms. The number of amides is 2. The highest BCUT2D eigenvalue weighted by Gasteiger charge is 2.27. The van der Waals surface area contributed by atoms with Crippen molar-refractivity contribution in [2.45, 2.75) is 6.04 Å². The monoisotopic (exact) mass is 312 g/mol. The maximum atomic E-state index is 12.2. The highest BCUT2D eigenvalue weighted by atomic mass is 16.5. The van der Waals surface area contributed by atoms with Crippen LogP contribution in [0, 0.1) is 0 Å². The van der Waals surface area contributed by atoms with Gasteiger partial charge in [-0.05, 0) is 0 Å². The Bertz CT molecular complexity index is 660. The highest BCUT2D eigenvalue weighted by molar-refractivity contribution is 5.97. The van der Waals surface area contributed by atoms with Gasteiger partial charge in [-0.25, -0.2) is 4.79 Å². The van der Waals surface area contributed by atoms with Gasteiger partial charge in [0.2, 0.25) is 5.91 Å². The van der Waals surface area contributed by atoms with Gasteiger partial charge in [0.1, 0.15) is 11.6 Å². The molecule has 0 aromatic carbocycles. The first-order valence-electron chi connectivity index (χ1n) is 6.63. The number of hydrogen-bond acceptors (Lipinski definition) is 6. The summed E-state index contributed by atoms with van der Waals surface area (Å²) >= 11 is 0. The van der Waals surface area contributed by atoms with Gasteiger partial charge >= 0.3 is 5.69 Å². The van der Waals surface area contributed by atoms with Crippen LogP contribution in [0.25, 0.3) is 0 Å². The standard InChI is InChI=1S/C12H16N4O6/c17-6-8(11(20)16-1-3-22-4-2-16)14-9(18)7-5-13-12(21)15-10(7)19/h5,8,17H,1-4,6H2,(H,14,18)(H2,13,15,19,21)/t8-/m0/s1. The van der Waals surface area contributed by atoms with E-state index >= 15 is 0 Å². The van der Waals surface area contributed by atoms with E-state index in [1.165, 1.54) is 4.90 Å². The number of nitrogens with zero attached hydrogens (tertiary/aromatic N) is 1. The second kappa shape index (κ2) is 7.00. The molecule has 2 heterocycles. The summed E-state index contributed by atoms with van der Waals surface area (Å²) in [5, 5.41) is 11.6. The first kappa shape index (κ1) is 15.9. The zero-order valence-electron chi connectivity index (χ0n) is 11.6. The van der Waals surface area contributed by atoms with E-state index in [4.69, 9.17) is 4.74 Å². The molecule has 10 nitrogen and oxygen atoms in total. The number of ether oxygens (including phenoxy) is 1. The molecule has 22 heavy (non-hydrogen) atoms. The third-order valence-electron chi connectivity index (χ3n) is 3.17. The molecule has 10 heteroatoms. The first-order valence-corrected chi connectivity index (χ1v) is 6.63. The molecule has 2 amide bonds. The number of H-pyrrole nitrogens is 2. The quantitative estimate of drug-likeness (QED) is 0.467. The summed E-state index contributed by atoms with van der Waals surface area (Å²) in [6.07, 6.45) is 0.949. The number of aromatic nitrogens is 2. The van der Waals surface area contributed by atoms with Gasteiger partial charge in [0.15, 0.2) is 0 Å². The molecule has 0 unspecified atom stereocenters. The van der Waals surface area contributed by atoms with Crippen LogP contribution in [0.2, 0.25) is 0 Å². The van der Waals surface area contributed by atoms with Crippen molar-refractivity contribution >= 4 is 11.8 Å². The van der Waals surface area contributed by atoms with Crippen LogP contribution in [-0.2, 0) is 9.53 Å². The summed E-state index contributed by atoms with van der Waals surface area (Å²) in [7, 11) is 0. The van der Waals surface area contributed by atoms with Crippen molar-refractivity contribution in [3.63, 3.8) is 0 Å². The summed E-state index contributed by atoms with van der Waals surface area (Å²) < 4.78 is 5.12. The fourth-order valence-corrected chi connectivity index (χ4v) is 2.00. The molecule has 0 aliphatic carbocycles. The van der Waals surface area contributed by atoms with Crippen LogP contribution in [-0.4, -0.2) is 70.7 Å². The van der Waals surface area contributed by atoms with Crippen molar-refractivity contribution in [1.82, 2.24) is 20.2 Å². The summed E-state index contributed by atoms with van der Waals surface area (Å²) in [6.45, 7) is 0.896. The Morgan fingerprint density at radius 2 is 2.05 bits per heavy atom. The molecule has 1 aromatic rings. The Morgan fingerprint density at radius 3 is 2.64 bits per heavy atom. The smallest absolute Gasteiger partial charge is 0.325 e. The lowest BCUT2D eigenvalue weighted by Gasteiger charge is -2.30. The minimum Gasteiger partial charge on any atom is -0.394 e. The van der Waals surface area contributed by atoms with Gasteiger partial charge in [-0.2, -0.15) is 0 Å². The molecule has 2 rings (SSSR count). The van der Waals surface area contributed by atoms with Crippen LogP contribution in [0.5, 0.6) is 0 Å².